The molecule has 4 nitrogen and oxygen atoms in total. The lowest BCUT2D eigenvalue weighted by molar-refractivity contribution is -0.118. The van der Waals surface area contributed by atoms with Crippen LogP contribution < -0.4 is 15.8 Å². The Morgan fingerprint density at radius 1 is 1.14 bits per heavy atom. The molecular weight excluding hydrogens is 264 g/mol. The lowest BCUT2D eigenvalue weighted by Gasteiger charge is -2.13. The highest BCUT2D eigenvalue weighted by molar-refractivity contribution is 5.91. The van der Waals surface area contributed by atoms with E-state index in [0.717, 1.165) is 22.4 Å². The van der Waals surface area contributed by atoms with Crippen molar-refractivity contribution in [1.29, 1.82) is 0 Å². The molecule has 2 aromatic rings. The van der Waals surface area contributed by atoms with Crippen molar-refractivity contribution >= 4 is 11.6 Å². The maximum absolute atomic E-state index is 11.9. The highest BCUT2D eigenvalue weighted by atomic mass is 16.5. The smallest absolute Gasteiger partial charge is 0.262 e. The van der Waals surface area contributed by atoms with Gasteiger partial charge in [0.25, 0.3) is 5.91 Å². The summed E-state index contributed by atoms with van der Waals surface area (Å²) in [4.78, 5) is 11.9. The van der Waals surface area contributed by atoms with Crippen molar-refractivity contribution in [3.8, 4) is 5.75 Å². The van der Waals surface area contributed by atoms with Gasteiger partial charge in [0.1, 0.15) is 5.75 Å². The topological polar surface area (TPSA) is 64.3 Å². The molecule has 0 unspecified atom stereocenters. The van der Waals surface area contributed by atoms with E-state index in [1.807, 2.05) is 56.3 Å². The SMILES string of the molecule is Cc1ccc(NC(=O)COc2c(C)cccc2CN)cc1. The molecule has 0 atom stereocenters. The number of aryl methyl sites for hydroxylation is 2. The first-order valence-corrected chi connectivity index (χ1v) is 6.88. The first-order chi connectivity index (χ1) is 10.1. The molecule has 0 aliphatic heterocycles. The van der Waals surface area contributed by atoms with E-state index in [9.17, 15) is 4.79 Å². The number of anilines is 1. The lowest BCUT2D eigenvalue weighted by Crippen LogP contribution is -2.21. The van der Waals surface area contributed by atoms with Crippen LogP contribution in [0.3, 0.4) is 0 Å². The quantitative estimate of drug-likeness (QED) is 0.887. The van der Waals surface area contributed by atoms with Gasteiger partial charge < -0.3 is 15.8 Å². The molecule has 2 aromatic carbocycles. The van der Waals surface area contributed by atoms with E-state index in [4.69, 9.17) is 10.5 Å². The van der Waals surface area contributed by atoms with Crippen LogP contribution in [0.15, 0.2) is 42.5 Å². The van der Waals surface area contributed by atoms with Crippen LogP contribution in [0.4, 0.5) is 5.69 Å². The van der Waals surface area contributed by atoms with Gasteiger partial charge in [-0.25, -0.2) is 0 Å². The second kappa shape index (κ2) is 6.90. The molecule has 0 saturated heterocycles. The van der Waals surface area contributed by atoms with E-state index in [0.29, 0.717) is 12.3 Å². The maximum Gasteiger partial charge on any atom is 0.262 e. The van der Waals surface area contributed by atoms with Gasteiger partial charge in [0.2, 0.25) is 0 Å². The van der Waals surface area contributed by atoms with Gasteiger partial charge in [0, 0.05) is 17.8 Å². The molecule has 21 heavy (non-hydrogen) atoms. The van der Waals surface area contributed by atoms with Crippen LogP contribution in [0.25, 0.3) is 0 Å². The number of benzene rings is 2. The predicted octanol–water partition coefficient (Wildman–Crippen LogP) is 2.78. The van der Waals surface area contributed by atoms with Gasteiger partial charge in [-0.05, 0) is 31.5 Å². The van der Waals surface area contributed by atoms with Crippen molar-refractivity contribution in [3.05, 3.63) is 59.2 Å². The monoisotopic (exact) mass is 284 g/mol. The fraction of sp³-hybridized carbons (Fsp3) is 0.235. The third-order valence-corrected chi connectivity index (χ3v) is 3.20. The van der Waals surface area contributed by atoms with E-state index >= 15 is 0 Å². The second-order valence-corrected chi connectivity index (χ2v) is 4.97. The summed E-state index contributed by atoms with van der Waals surface area (Å²) in [6, 6.07) is 13.4. The van der Waals surface area contributed by atoms with Crippen molar-refractivity contribution in [2.24, 2.45) is 5.73 Å². The van der Waals surface area contributed by atoms with Crippen LogP contribution in [0, 0.1) is 13.8 Å². The number of rotatable bonds is 5. The van der Waals surface area contributed by atoms with Crippen LogP contribution in [-0.4, -0.2) is 12.5 Å². The van der Waals surface area contributed by atoms with E-state index in [1.54, 1.807) is 0 Å². The molecule has 0 spiro atoms. The first-order valence-electron chi connectivity index (χ1n) is 6.88. The minimum absolute atomic E-state index is 0.0360. The van der Waals surface area contributed by atoms with Gasteiger partial charge in [-0.1, -0.05) is 35.9 Å². The first kappa shape index (κ1) is 15.1. The van der Waals surface area contributed by atoms with Crippen molar-refractivity contribution in [2.45, 2.75) is 20.4 Å². The summed E-state index contributed by atoms with van der Waals surface area (Å²) in [7, 11) is 0. The molecule has 110 valence electrons. The minimum Gasteiger partial charge on any atom is -0.483 e. The molecule has 0 aliphatic rings. The number of nitrogens with one attached hydrogen (secondary N) is 1. The summed E-state index contributed by atoms with van der Waals surface area (Å²) in [5.74, 6) is 0.504. The van der Waals surface area contributed by atoms with Gasteiger partial charge in [-0.2, -0.15) is 0 Å². The zero-order valence-electron chi connectivity index (χ0n) is 12.3. The minimum atomic E-state index is -0.190. The summed E-state index contributed by atoms with van der Waals surface area (Å²) in [6.07, 6.45) is 0. The summed E-state index contributed by atoms with van der Waals surface area (Å²) in [5, 5.41) is 2.80. The zero-order valence-corrected chi connectivity index (χ0v) is 12.3. The largest absolute Gasteiger partial charge is 0.483 e. The predicted molar refractivity (Wildman–Crippen MR) is 84.4 cm³/mol. The number of amides is 1. The Labute approximate surface area is 124 Å². The molecule has 4 heteroatoms. The third kappa shape index (κ3) is 4.07. The van der Waals surface area contributed by atoms with Crippen LogP contribution in [0.5, 0.6) is 5.75 Å². The Kier molecular flexibility index (Phi) is 4.95. The van der Waals surface area contributed by atoms with Gasteiger partial charge >= 0.3 is 0 Å². The zero-order chi connectivity index (χ0) is 15.2. The van der Waals surface area contributed by atoms with Crippen molar-refractivity contribution in [2.75, 3.05) is 11.9 Å². The van der Waals surface area contributed by atoms with E-state index in [1.165, 1.54) is 0 Å². The second-order valence-electron chi connectivity index (χ2n) is 4.97. The number of hydrogen-bond donors (Lipinski definition) is 2. The number of para-hydroxylation sites is 1. The molecule has 0 heterocycles. The van der Waals surface area contributed by atoms with Crippen molar-refractivity contribution in [1.82, 2.24) is 0 Å². The fourth-order valence-corrected chi connectivity index (χ4v) is 2.05. The van der Waals surface area contributed by atoms with E-state index < -0.39 is 0 Å². The van der Waals surface area contributed by atoms with Gasteiger partial charge in [-0.3, -0.25) is 4.79 Å². The number of hydrogen-bond acceptors (Lipinski definition) is 3. The maximum atomic E-state index is 11.9. The normalized spacial score (nSPS) is 10.2. The Morgan fingerprint density at radius 3 is 2.52 bits per heavy atom. The molecule has 0 radical (unpaired) electrons. The molecule has 0 fully saturated rings. The number of nitrogens with two attached hydrogens (primary N) is 1. The van der Waals surface area contributed by atoms with Crippen LogP contribution in [0.1, 0.15) is 16.7 Å². The molecule has 0 aromatic heterocycles. The Morgan fingerprint density at radius 2 is 1.86 bits per heavy atom. The number of carbonyl (C=O) groups excluding carboxylic acids is 1. The molecular formula is C17H20N2O2. The van der Waals surface area contributed by atoms with E-state index in [2.05, 4.69) is 5.32 Å². The molecule has 0 bridgehead atoms. The molecule has 3 N–H and O–H groups in total. The summed E-state index contributed by atoms with van der Waals surface area (Å²) < 4.78 is 5.62. The van der Waals surface area contributed by atoms with Gasteiger partial charge in [0.05, 0.1) is 0 Å². The highest BCUT2D eigenvalue weighted by Gasteiger charge is 2.09. The molecule has 0 aliphatic carbocycles. The van der Waals surface area contributed by atoms with Crippen molar-refractivity contribution < 1.29 is 9.53 Å². The van der Waals surface area contributed by atoms with Gasteiger partial charge in [0.15, 0.2) is 6.61 Å². The van der Waals surface area contributed by atoms with Crippen LogP contribution in [0.2, 0.25) is 0 Å². The lowest BCUT2D eigenvalue weighted by atomic mass is 10.1. The molecule has 0 saturated carbocycles. The highest BCUT2D eigenvalue weighted by Crippen LogP contribution is 2.22. The van der Waals surface area contributed by atoms with Crippen LogP contribution >= 0.6 is 0 Å². The third-order valence-electron chi connectivity index (χ3n) is 3.20. The van der Waals surface area contributed by atoms with Gasteiger partial charge in [-0.15, -0.1) is 0 Å². The Bertz CT molecular complexity index is 621. The fourth-order valence-electron chi connectivity index (χ4n) is 2.05. The number of ether oxygens (including phenoxy) is 1. The summed E-state index contributed by atoms with van der Waals surface area (Å²) in [5.41, 5.74) is 9.47. The van der Waals surface area contributed by atoms with Crippen LogP contribution in [-0.2, 0) is 11.3 Å². The average molecular weight is 284 g/mol. The molecule has 2 rings (SSSR count). The summed E-state index contributed by atoms with van der Waals surface area (Å²) in [6.45, 7) is 4.29. The Hall–Kier alpha value is -2.33. The number of carbonyl (C=O) groups is 1. The Balaban J connectivity index is 1.97. The standard InChI is InChI=1S/C17H20N2O2/c1-12-6-8-15(9-7-12)19-16(20)11-21-17-13(2)4-3-5-14(17)10-18/h3-9H,10-11,18H2,1-2H3,(H,19,20). The molecule has 1 amide bonds. The average Bonchev–Trinajstić information content (AvgIpc) is 2.48. The van der Waals surface area contributed by atoms with Crippen molar-refractivity contribution in [3.63, 3.8) is 0 Å². The summed E-state index contributed by atoms with van der Waals surface area (Å²) >= 11 is 0. The van der Waals surface area contributed by atoms with E-state index in [-0.39, 0.29) is 12.5 Å².